The molecule has 2 rings (SSSR count). The number of hydrogen-bond donors (Lipinski definition) is 3. The number of carboxylic acid groups (broad SMARTS) is 1. The average molecular weight is 389 g/mol. The minimum Gasteiger partial charge on any atom is -0.481 e. The normalized spacial score (nSPS) is 20.8. The van der Waals surface area contributed by atoms with E-state index >= 15 is 0 Å². The van der Waals surface area contributed by atoms with Crippen LogP contribution in [0, 0.1) is 0 Å². The molecule has 1 saturated heterocycles. The van der Waals surface area contributed by atoms with Gasteiger partial charge in [-0.2, -0.15) is 0 Å². The number of amides is 2. The van der Waals surface area contributed by atoms with Crippen molar-refractivity contribution in [3.05, 3.63) is 28.2 Å². The van der Waals surface area contributed by atoms with Crippen LogP contribution < -0.4 is 10.6 Å². The second-order valence-electron chi connectivity index (χ2n) is 5.86. The fraction of sp³-hybridized carbons (Fsp3) is 0.438. The van der Waals surface area contributed by atoms with Crippen LogP contribution >= 0.6 is 23.2 Å². The molecule has 136 valence electrons. The van der Waals surface area contributed by atoms with Crippen LogP contribution in [0.3, 0.4) is 0 Å². The molecule has 0 bridgehead atoms. The van der Waals surface area contributed by atoms with Crippen LogP contribution in [0.25, 0.3) is 0 Å². The Balaban J connectivity index is 2.16. The highest BCUT2D eigenvalue weighted by molar-refractivity contribution is 6.35. The fourth-order valence-corrected chi connectivity index (χ4v) is 3.14. The van der Waals surface area contributed by atoms with Crippen molar-refractivity contribution in [2.45, 2.75) is 37.8 Å². The zero-order valence-electron chi connectivity index (χ0n) is 13.5. The largest absolute Gasteiger partial charge is 0.481 e. The third-order valence-corrected chi connectivity index (χ3v) is 4.17. The Morgan fingerprint density at radius 1 is 1.24 bits per heavy atom. The predicted molar refractivity (Wildman–Crippen MR) is 92.9 cm³/mol. The fourth-order valence-electron chi connectivity index (χ4n) is 2.61. The van der Waals surface area contributed by atoms with Gasteiger partial charge < -0.3 is 20.5 Å². The average Bonchev–Trinajstić information content (AvgIpc) is 2.95. The van der Waals surface area contributed by atoms with E-state index in [1.54, 1.807) is 6.92 Å². The summed E-state index contributed by atoms with van der Waals surface area (Å²) in [6, 6.07) is 3.87. The summed E-state index contributed by atoms with van der Waals surface area (Å²) in [5.41, 5.74) is -1.37. The Labute approximate surface area is 154 Å². The van der Waals surface area contributed by atoms with Gasteiger partial charge >= 0.3 is 5.97 Å². The van der Waals surface area contributed by atoms with Crippen molar-refractivity contribution in [1.82, 2.24) is 5.32 Å². The van der Waals surface area contributed by atoms with Crippen molar-refractivity contribution in [3.8, 4) is 0 Å². The van der Waals surface area contributed by atoms with Gasteiger partial charge in [-0.1, -0.05) is 23.2 Å². The first kappa shape index (κ1) is 19.5. The second-order valence-corrected chi connectivity index (χ2v) is 6.74. The van der Waals surface area contributed by atoms with E-state index in [1.165, 1.54) is 18.2 Å². The van der Waals surface area contributed by atoms with E-state index in [4.69, 9.17) is 33.0 Å². The summed E-state index contributed by atoms with van der Waals surface area (Å²) >= 11 is 11.8. The smallest absolute Gasteiger partial charge is 0.305 e. The lowest BCUT2D eigenvalue weighted by molar-refractivity contribution is -0.152. The van der Waals surface area contributed by atoms with Crippen LogP contribution in [0.15, 0.2) is 18.2 Å². The summed E-state index contributed by atoms with van der Waals surface area (Å²) in [5, 5.41) is 14.6. The molecule has 1 aromatic carbocycles. The standard InChI is InChI=1S/C16H18Cl2N2O5/c1-9(5-13(21)22)19-14(23)16(3-2-4-25-16)15(24)20-12-7-10(17)6-11(18)8-12/h6-9H,2-5H2,1H3,(H,19,23)(H,20,24)(H,21,22)/t9-,16?/m0/s1. The first-order chi connectivity index (χ1) is 11.7. The molecule has 0 radical (unpaired) electrons. The van der Waals surface area contributed by atoms with Crippen molar-refractivity contribution in [2.24, 2.45) is 0 Å². The number of halogens is 2. The summed E-state index contributed by atoms with van der Waals surface area (Å²) in [6.07, 6.45) is 0.469. The molecule has 1 heterocycles. The van der Waals surface area contributed by atoms with Crippen LogP contribution in [0.2, 0.25) is 10.0 Å². The maximum atomic E-state index is 12.7. The highest BCUT2D eigenvalue weighted by atomic mass is 35.5. The number of hydrogen-bond acceptors (Lipinski definition) is 4. The highest BCUT2D eigenvalue weighted by Gasteiger charge is 2.50. The quantitative estimate of drug-likeness (QED) is 0.649. The van der Waals surface area contributed by atoms with E-state index in [9.17, 15) is 14.4 Å². The molecule has 0 spiro atoms. The Morgan fingerprint density at radius 2 is 1.88 bits per heavy atom. The molecule has 1 aliphatic rings. The molecule has 2 atom stereocenters. The van der Waals surface area contributed by atoms with Gasteiger partial charge in [0.15, 0.2) is 0 Å². The monoisotopic (exact) mass is 388 g/mol. The van der Waals surface area contributed by atoms with Crippen molar-refractivity contribution in [1.29, 1.82) is 0 Å². The summed E-state index contributed by atoms with van der Waals surface area (Å²) in [6.45, 7) is 1.80. The van der Waals surface area contributed by atoms with E-state index < -0.39 is 29.4 Å². The van der Waals surface area contributed by atoms with Gasteiger partial charge in [0.1, 0.15) is 0 Å². The van der Waals surface area contributed by atoms with Crippen LogP contribution in [-0.2, 0) is 19.1 Å². The van der Waals surface area contributed by atoms with Crippen LogP contribution in [0.4, 0.5) is 5.69 Å². The second kappa shape index (κ2) is 8.03. The molecule has 0 aliphatic carbocycles. The van der Waals surface area contributed by atoms with Gasteiger partial charge in [0.25, 0.3) is 11.8 Å². The number of rotatable bonds is 6. The summed E-state index contributed by atoms with van der Waals surface area (Å²) < 4.78 is 5.47. The van der Waals surface area contributed by atoms with Crippen molar-refractivity contribution in [2.75, 3.05) is 11.9 Å². The Hall–Kier alpha value is -1.83. The lowest BCUT2D eigenvalue weighted by Gasteiger charge is -2.27. The highest BCUT2D eigenvalue weighted by Crippen LogP contribution is 2.29. The number of anilines is 1. The molecular formula is C16H18Cl2N2O5. The van der Waals surface area contributed by atoms with E-state index in [0.717, 1.165) is 0 Å². The van der Waals surface area contributed by atoms with Crippen LogP contribution in [0.1, 0.15) is 26.2 Å². The van der Waals surface area contributed by atoms with Gasteiger partial charge in [0.2, 0.25) is 5.60 Å². The molecule has 0 saturated carbocycles. The summed E-state index contributed by atoms with van der Waals surface area (Å²) in [4.78, 5) is 36.0. The number of carbonyl (C=O) groups excluding carboxylic acids is 2. The van der Waals surface area contributed by atoms with Gasteiger partial charge in [0, 0.05) is 28.4 Å². The van der Waals surface area contributed by atoms with Crippen molar-refractivity contribution >= 4 is 46.7 Å². The van der Waals surface area contributed by atoms with E-state index in [2.05, 4.69) is 10.6 Å². The Bertz CT molecular complexity index is 669. The molecule has 25 heavy (non-hydrogen) atoms. The Kier molecular flexibility index (Phi) is 6.26. The van der Waals surface area contributed by atoms with E-state index in [-0.39, 0.29) is 19.4 Å². The number of benzene rings is 1. The van der Waals surface area contributed by atoms with Gasteiger partial charge in [-0.15, -0.1) is 0 Å². The number of carbonyl (C=O) groups is 3. The van der Waals surface area contributed by atoms with Crippen LogP contribution in [-0.4, -0.2) is 41.1 Å². The first-order valence-corrected chi connectivity index (χ1v) is 8.43. The zero-order chi connectivity index (χ0) is 18.6. The number of nitrogens with one attached hydrogen (secondary N) is 2. The number of aliphatic carboxylic acids is 1. The minimum absolute atomic E-state index is 0.193. The summed E-state index contributed by atoms with van der Waals surface area (Å²) in [7, 11) is 0. The first-order valence-electron chi connectivity index (χ1n) is 7.67. The molecule has 1 unspecified atom stereocenters. The molecule has 1 aliphatic heterocycles. The maximum Gasteiger partial charge on any atom is 0.305 e. The van der Waals surface area contributed by atoms with Crippen molar-refractivity contribution < 1.29 is 24.2 Å². The topological polar surface area (TPSA) is 105 Å². The minimum atomic E-state index is -1.71. The third kappa shape index (κ3) is 4.84. The Morgan fingerprint density at radius 3 is 2.40 bits per heavy atom. The molecule has 7 nitrogen and oxygen atoms in total. The lowest BCUT2D eigenvalue weighted by atomic mass is 9.97. The van der Waals surface area contributed by atoms with E-state index in [1.807, 2.05) is 0 Å². The SMILES string of the molecule is C[C@@H](CC(=O)O)NC(=O)C1(C(=O)Nc2cc(Cl)cc(Cl)c2)CCCO1. The lowest BCUT2D eigenvalue weighted by Crippen LogP contribution is -2.56. The van der Waals surface area contributed by atoms with Crippen LogP contribution in [0.5, 0.6) is 0 Å². The zero-order valence-corrected chi connectivity index (χ0v) is 15.0. The molecule has 1 fully saturated rings. The van der Waals surface area contributed by atoms with Crippen molar-refractivity contribution in [3.63, 3.8) is 0 Å². The van der Waals surface area contributed by atoms with Gasteiger partial charge in [-0.05, 0) is 38.0 Å². The van der Waals surface area contributed by atoms with Gasteiger partial charge in [0.05, 0.1) is 6.42 Å². The predicted octanol–water partition coefficient (Wildman–Crippen LogP) is 2.46. The molecule has 3 N–H and O–H groups in total. The third-order valence-electron chi connectivity index (χ3n) is 3.73. The molecule has 1 aromatic rings. The van der Waals surface area contributed by atoms with E-state index in [0.29, 0.717) is 22.2 Å². The van der Waals surface area contributed by atoms with Gasteiger partial charge in [-0.25, -0.2) is 0 Å². The number of carboxylic acids is 1. The maximum absolute atomic E-state index is 12.7. The molecule has 0 aromatic heterocycles. The number of ether oxygens (including phenoxy) is 1. The summed E-state index contributed by atoms with van der Waals surface area (Å²) in [5.74, 6) is -2.36. The molecule has 9 heteroatoms. The molecular weight excluding hydrogens is 371 g/mol. The molecule has 2 amide bonds. The van der Waals surface area contributed by atoms with Gasteiger partial charge in [-0.3, -0.25) is 14.4 Å².